The van der Waals surface area contributed by atoms with E-state index in [0.29, 0.717) is 23.3 Å². The predicted molar refractivity (Wildman–Crippen MR) is 123 cm³/mol. The smallest absolute Gasteiger partial charge is 0.253 e. The summed E-state index contributed by atoms with van der Waals surface area (Å²) in [5.74, 6) is 1.24. The Morgan fingerprint density at radius 2 is 1.97 bits per heavy atom. The zero-order valence-corrected chi connectivity index (χ0v) is 18.9. The van der Waals surface area contributed by atoms with E-state index >= 15 is 0 Å². The fraction of sp³-hybridized carbons (Fsp3) is 0.391. The van der Waals surface area contributed by atoms with Crippen molar-refractivity contribution in [1.29, 1.82) is 0 Å². The Balaban J connectivity index is 1.30. The molecule has 4 aromatic rings. The molecular formula is C23H26N6OS. The molecule has 5 rings (SSSR count). The third kappa shape index (κ3) is 3.59. The number of hydrogen-bond acceptors (Lipinski definition) is 5. The lowest BCUT2D eigenvalue weighted by molar-refractivity contribution is -0.131. The van der Waals surface area contributed by atoms with E-state index in [1.54, 1.807) is 4.52 Å². The highest BCUT2D eigenvalue weighted by Crippen LogP contribution is 2.33. The Bertz CT molecular complexity index is 1270. The third-order valence-corrected chi connectivity index (χ3v) is 6.99. The Morgan fingerprint density at radius 1 is 1.19 bits per heavy atom. The maximum atomic E-state index is 13.1. The molecule has 1 aromatic carbocycles. The lowest BCUT2D eigenvalue weighted by Crippen LogP contribution is -2.39. The number of aryl methyl sites for hydroxylation is 2. The van der Waals surface area contributed by atoms with Crippen molar-refractivity contribution in [3.63, 3.8) is 0 Å². The lowest BCUT2D eigenvalue weighted by atomic mass is 9.89. The number of rotatable bonds is 4. The Hall–Kier alpha value is -2.87. The molecule has 0 saturated carbocycles. The zero-order valence-electron chi connectivity index (χ0n) is 18.1. The first-order valence-electron chi connectivity index (χ1n) is 10.7. The number of aromatic amines is 1. The quantitative estimate of drug-likeness (QED) is 0.493. The first-order chi connectivity index (χ1) is 15.0. The van der Waals surface area contributed by atoms with Crippen molar-refractivity contribution in [2.75, 3.05) is 19.3 Å². The monoisotopic (exact) mass is 434 g/mol. The number of fused-ring (bicyclic) bond motifs is 2. The predicted octanol–water partition coefficient (Wildman–Crippen LogP) is 3.89. The normalized spacial score (nSPS) is 15.3. The zero-order chi connectivity index (χ0) is 21.5. The average Bonchev–Trinajstić information content (AvgIpc) is 3.41. The average molecular weight is 435 g/mol. The summed E-state index contributed by atoms with van der Waals surface area (Å²) in [6.45, 7) is 5.52. The third-order valence-electron chi connectivity index (χ3n) is 6.45. The molecule has 3 aromatic heterocycles. The number of amides is 1. The molecule has 160 valence electrons. The number of benzene rings is 1. The molecule has 0 atom stereocenters. The molecule has 1 aliphatic heterocycles. The van der Waals surface area contributed by atoms with Crippen LogP contribution < -0.4 is 0 Å². The van der Waals surface area contributed by atoms with Gasteiger partial charge in [-0.1, -0.05) is 30.0 Å². The highest BCUT2D eigenvalue weighted by molar-refractivity contribution is 7.98. The number of thioether (sulfide) groups is 1. The van der Waals surface area contributed by atoms with Gasteiger partial charge < -0.3 is 9.88 Å². The molecule has 0 unspecified atom stereocenters. The highest BCUT2D eigenvalue weighted by Gasteiger charge is 2.26. The van der Waals surface area contributed by atoms with E-state index < -0.39 is 0 Å². The lowest BCUT2D eigenvalue weighted by Gasteiger charge is -2.32. The molecule has 1 fully saturated rings. The van der Waals surface area contributed by atoms with Gasteiger partial charge in [0, 0.05) is 47.1 Å². The summed E-state index contributed by atoms with van der Waals surface area (Å²) in [5.41, 5.74) is 5.31. The van der Waals surface area contributed by atoms with Crippen LogP contribution in [0, 0.1) is 13.8 Å². The molecule has 0 aliphatic carbocycles. The molecule has 1 saturated heterocycles. The van der Waals surface area contributed by atoms with Crippen LogP contribution in [0.3, 0.4) is 0 Å². The van der Waals surface area contributed by atoms with Crippen molar-refractivity contribution in [3.8, 4) is 0 Å². The van der Waals surface area contributed by atoms with Crippen molar-refractivity contribution in [1.82, 2.24) is 29.5 Å². The van der Waals surface area contributed by atoms with Gasteiger partial charge in [0.25, 0.3) is 5.78 Å². The number of aromatic nitrogens is 5. The van der Waals surface area contributed by atoms with E-state index in [9.17, 15) is 4.79 Å². The second-order valence-corrected chi connectivity index (χ2v) is 8.97. The SMILES string of the molecule is CSc1nc2nc(C)c(CC(=O)N3CCC(c4c[nH]c5ccccc45)CC3)c(C)n2n1. The van der Waals surface area contributed by atoms with Gasteiger partial charge in [-0.3, -0.25) is 4.79 Å². The number of para-hydroxylation sites is 1. The number of carbonyl (C=O) groups excluding carboxylic acids is 1. The number of nitrogens with zero attached hydrogens (tertiary/aromatic N) is 5. The molecule has 1 aliphatic rings. The summed E-state index contributed by atoms with van der Waals surface area (Å²) >= 11 is 1.49. The van der Waals surface area contributed by atoms with Crippen LogP contribution in [0.15, 0.2) is 35.6 Å². The van der Waals surface area contributed by atoms with Gasteiger partial charge in [0.1, 0.15) is 0 Å². The summed E-state index contributed by atoms with van der Waals surface area (Å²) in [6.07, 6.45) is 6.42. The minimum Gasteiger partial charge on any atom is -0.361 e. The summed E-state index contributed by atoms with van der Waals surface area (Å²) in [7, 11) is 0. The molecule has 31 heavy (non-hydrogen) atoms. The summed E-state index contributed by atoms with van der Waals surface area (Å²) in [4.78, 5) is 27.5. The van der Waals surface area contributed by atoms with Crippen molar-refractivity contribution < 1.29 is 4.79 Å². The number of H-pyrrole nitrogens is 1. The van der Waals surface area contributed by atoms with Crippen LogP contribution >= 0.6 is 11.8 Å². The van der Waals surface area contributed by atoms with Crippen molar-refractivity contribution in [2.45, 2.75) is 44.2 Å². The number of carbonyl (C=O) groups is 1. The van der Waals surface area contributed by atoms with Gasteiger partial charge in [-0.15, -0.1) is 5.10 Å². The molecule has 1 amide bonds. The van der Waals surface area contributed by atoms with Gasteiger partial charge in [0.2, 0.25) is 11.1 Å². The molecule has 0 spiro atoms. The van der Waals surface area contributed by atoms with Gasteiger partial charge in [-0.2, -0.15) is 4.98 Å². The number of likely N-dealkylation sites (tertiary alicyclic amines) is 1. The van der Waals surface area contributed by atoms with Crippen LogP contribution in [0.4, 0.5) is 0 Å². The second-order valence-electron chi connectivity index (χ2n) is 8.19. The number of piperidine rings is 1. The van der Waals surface area contributed by atoms with E-state index in [-0.39, 0.29) is 5.91 Å². The molecular weight excluding hydrogens is 408 g/mol. The molecule has 1 N–H and O–H groups in total. The van der Waals surface area contributed by atoms with E-state index in [0.717, 1.165) is 42.9 Å². The minimum atomic E-state index is 0.162. The van der Waals surface area contributed by atoms with Crippen molar-refractivity contribution in [2.24, 2.45) is 0 Å². The van der Waals surface area contributed by atoms with Crippen molar-refractivity contribution in [3.05, 3.63) is 53.0 Å². The highest BCUT2D eigenvalue weighted by atomic mass is 32.2. The topological polar surface area (TPSA) is 79.2 Å². The molecule has 7 nitrogen and oxygen atoms in total. The van der Waals surface area contributed by atoms with Crippen LogP contribution in [-0.2, 0) is 11.2 Å². The van der Waals surface area contributed by atoms with Crippen LogP contribution in [0.5, 0.6) is 0 Å². The van der Waals surface area contributed by atoms with Gasteiger partial charge >= 0.3 is 0 Å². The van der Waals surface area contributed by atoms with Gasteiger partial charge in [-0.05, 0) is 50.5 Å². The fourth-order valence-corrected chi connectivity index (χ4v) is 5.00. The summed E-state index contributed by atoms with van der Waals surface area (Å²) in [5, 5.41) is 6.49. The largest absolute Gasteiger partial charge is 0.361 e. The van der Waals surface area contributed by atoms with E-state index in [2.05, 4.69) is 50.5 Å². The summed E-state index contributed by atoms with van der Waals surface area (Å²) < 4.78 is 1.75. The maximum absolute atomic E-state index is 13.1. The Kier molecular flexibility index (Phi) is 5.17. The fourth-order valence-electron chi connectivity index (χ4n) is 4.67. The van der Waals surface area contributed by atoms with E-state index in [1.165, 1.54) is 28.2 Å². The molecule has 0 radical (unpaired) electrons. The molecule has 0 bridgehead atoms. The Morgan fingerprint density at radius 3 is 2.74 bits per heavy atom. The van der Waals surface area contributed by atoms with E-state index in [1.807, 2.05) is 25.0 Å². The van der Waals surface area contributed by atoms with Gasteiger partial charge in [0.05, 0.1) is 6.42 Å². The van der Waals surface area contributed by atoms with Crippen molar-refractivity contribution >= 4 is 34.3 Å². The maximum Gasteiger partial charge on any atom is 0.253 e. The second kappa shape index (κ2) is 8.00. The van der Waals surface area contributed by atoms with Crippen LogP contribution in [0.1, 0.15) is 41.3 Å². The Labute approximate surface area is 185 Å². The van der Waals surface area contributed by atoms with Gasteiger partial charge in [-0.25, -0.2) is 9.50 Å². The first kappa shape index (κ1) is 20.1. The number of nitrogens with one attached hydrogen (secondary N) is 1. The van der Waals surface area contributed by atoms with Crippen LogP contribution in [0.2, 0.25) is 0 Å². The number of hydrogen-bond donors (Lipinski definition) is 1. The minimum absolute atomic E-state index is 0.162. The molecule has 8 heteroatoms. The van der Waals surface area contributed by atoms with Crippen LogP contribution in [0.25, 0.3) is 16.7 Å². The van der Waals surface area contributed by atoms with E-state index in [4.69, 9.17) is 0 Å². The standard InChI is InChI=1S/C23H26N6OS/c1-14-18(15(2)29-22(25-14)26-23(27-29)31-3)12-21(30)28-10-8-16(9-11-28)19-13-24-20-7-5-4-6-17(19)20/h4-7,13,16,24H,8-12H2,1-3H3. The van der Waals surface area contributed by atoms with Crippen LogP contribution in [-0.4, -0.2) is 54.7 Å². The van der Waals surface area contributed by atoms with Gasteiger partial charge in [0.15, 0.2) is 0 Å². The summed E-state index contributed by atoms with van der Waals surface area (Å²) in [6, 6.07) is 8.44. The molecule has 4 heterocycles. The first-order valence-corrected chi connectivity index (χ1v) is 11.9.